The highest BCUT2D eigenvalue weighted by Gasteiger charge is 2.22. The number of rotatable bonds is 7. The number of halogens is 1. The number of anilines is 1. The molecule has 4 heteroatoms. The van der Waals surface area contributed by atoms with Crippen LogP contribution < -0.4 is 10.6 Å². The zero-order valence-corrected chi connectivity index (χ0v) is 13.9. The van der Waals surface area contributed by atoms with E-state index in [1.54, 1.807) is 0 Å². The molecular weight excluding hydrogens is 284 g/mol. The van der Waals surface area contributed by atoms with Crippen molar-refractivity contribution < 1.29 is 4.74 Å². The molecule has 1 aromatic carbocycles. The predicted octanol–water partition coefficient (Wildman–Crippen LogP) is 3.63. The van der Waals surface area contributed by atoms with E-state index in [-0.39, 0.29) is 6.04 Å². The molecule has 0 spiro atoms. The Morgan fingerprint density at radius 1 is 1.43 bits per heavy atom. The maximum Gasteiger partial charge on any atom is 0.0750 e. The van der Waals surface area contributed by atoms with Crippen molar-refractivity contribution in [3.63, 3.8) is 0 Å². The number of ether oxygens (including phenoxy) is 1. The van der Waals surface area contributed by atoms with Crippen molar-refractivity contribution in [1.29, 1.82) is 0 Å². The minimum Gasteiger partial charge on any atom is -0.376 e. The van der Waals surface area contributed by atoms with Crippen LogP contribution in [0.15, 0.2) is 18.2 Å². The Morgan fingerprint density at radius 2 is 2.24 bits per heavy atom. The standard InChI is InChI=1S/C17H27ClN2O/c1-3-14(19)11-13-7-5-9-16(18)17(13)20(4-2)12-15-8-6-10-21-15/h5,7,9,14-15H,3-4,6,8,10-12,19H2,1-2H3. The van der Waals surface area contributed by atoms with Gasteiger partial charge in [-0.3, -0.25) is 0 Å². The molecule has 0 aromatic heterocycles. The fraction of sp³-hybridized carbons (Fsp3) is 0.647. The summed E-state index contributed by atoms with van der Waals surface area (Å²) < 4.78 is 5.78. The lowest BCUT2D eigenvalue weighted by Gasteiger charge is -2.29. The van der Waals surface area contributed by atoms with Gasteiger partial charge in [0.25, 0.3) is 0 Å². The quantitative estimate of drug-likeness (QED) is 0.836. The summed E-state index contributed by atoms with van der Waals surface area (Å²) in [4.78, 5) is 2.34. The first-order chi connectivity index (χ1) is 10.2. The van der Waals surface area contributed by atoms with E-state index in [9.17, 15) is 0 Å². The Kier molecular flexibility index (Phi) is 6.34. The molecule has 0 bridgehead atoms. The van der Waals surface area contributed by atoms with Crippen LogP contribution in [0.25, 0.3) is 0 Å². The second-order valence-corrected chi connectivity index (χ2v) is 6.20. The van der Waals surface area contributed by atoms with Crippen LogP contribution in [0.2, 0.25) is 5.02 Å². The molecule has 2 atom stereocenters. The van der Waals surface area contributed by atoms with Gasteiger partial charge in [0.15, 0.2) is 0 Å². The summed E-state index contributed by atoms with van der Waals surface area (Å²) in [6, 6.07) is 6.32. The Bertz CT molecular complexity index is 446. The van der Waals surface area contributed by atoms with E-state index >= 15 is 0 Å². The van der Waals surface area contributed by atoms with E-state index in [1.165, 1.54) is 5.56 Å². The number of para-hydroxylation sites is 1. The monoisotopic (exact) mass is 310 g/mol. The van der Waals surface area contributed by atoms with Gasteiger partial charge in [0.1, 0.15) is 0 Å². The highest BCUT2D eigenvalue weighted by atomic mass is 35.5. The lowest BCUT2D eigenvalue weighted by Crippen LogP contribution is -2.33. The van der Waals surface area contributed by atoms with Gasteiger partial charge in [0.2, 0.25) is 0 Å². The van der Waals surface area contributed by atoms with E-state index < -0.39 is 0 Å². The fourth-order valence-electron chi connectivity index (χ4n) is 2.92. The molecule has 2 unspecified atom stereocenters. The van der Waals surface area contributed by atoms with Crippen LogP contribution >= 0.6 is 11.6 Å². The summed E-state index contributed by atoms with van der Waals surface area (Å²) in [5.41, 5.74) is 8.53. The zero-order valence-electron chi connectivity index (χ0n) is 13.1. The third kappa shape index (κ3) is 4.35. The average molecular weight is 311 g/mol. The summed E-state index contributed by atoms with van der Waals surface area (Å²) in [6.07, 6.45) is 4.48. The molecule has 1 saturated heterocycles. The van der Waals surface area contributed by atoms with E-state index in [1.807, 2.05) is 12.1 Å². The van der Waals surface area contributed by atoms with Gasteiger partial charge in [-0.25, -0.2) is 0 Å². The van der Waals surface area contributed by atoms with Crippen LogP contribution in [0.5, 0.6) is 0 Å². The largest absolute Gasteiger partial charge is 0.376 e. The molecule has 3 nitrogen and oxygen atoms in total. The van der Waals surface area contributed by atoms with E-state index in [4.69, 9.17) is 22.1 Å². The number of benzene rings is 1. The van der Waals surface area contributed by atoms with Crippen molar-refractivity contribution in [2.45, 2.75) is 51.7 Å². The molecule has 0 aliphatic carbocycles. The summed E-state index contributed by atoms with van der Waals surface area (Å²) in [5.74, 6) is 0. The molecule has 1 aromatic rings. The number of nitrogens with two attached hydrogens (primary N) is 1. The number of hydrogen-bond donors (Lipinski definition) is 1. The van der Waals surface area contributed by atoms with Crippen LogP contribution in [0.1, 0.15) is 38.7 Å². The van der Waals surface area contributed by atoms with Crippen LogP contribution in [0.4, 0.5) is 5.69 Å². The number of hydrogen-bond acceptors (Lipinski definition) is 3. The molecule has 1 aliphatic heterocycles. The predicted molar refractivity (Wildman–Crippen MR) is 90.3 cm³/mol. The second-order valence-electron chi connectivity index (χ2n) is 5.79. The van der Waals surface area contributed by atoms with Crippen molar-refractivity contribution in [2.75, 3.05) is 24.6 Å². The highest BCUT2D eigenvalue weighted by molar-refractivity contribution is 6.33. The van der Waals surface area contributed by atoms with Gasteiger partial charge in [-0.15, -0.1) is 0 Å². The summed E-state index contributed by atoms with van der Waals surface area (Å²) >= 11 is 6.49. The molecule has 2 N–H and O–H groups in total. The SMILES string of the molecule is CCC(N)Cc1cccc(Cl)c1N(CC)CC1CCCO1. The molecule has 1 aliphatic rings. The van der Waals surface area contributed by atoms with Crippen LogP contribution in [0.3, 0.4) is 0 Å². The summed E-state index contributed by atoms with van der Waals surface area (Å²) in [6.45, 7) is 7.02. The van der Waals surface area contributed by atoms with Crippen molar-refractivity contribution in [2.24, 2.45) is 5.73 Å². The molecule has 21 heavy (non-hydrogen) atoms. The lowest BCUT2D eigenvalue weighted by atomic mass is 10.0. The first-order valence-electron chi connectivity index (χ1n) is 8.05. The summed E-state index contributed by atoms with van der Waals surface area (Å²) in [7, 11) is 0. The van der Waals surface area contributed by atoms with Crippen molar-refractivity contribution in [1.82, 2.24) is 0 Å². The van der Waals surface area contributed by atoms with Gasteiger partial charge in [-0.2, -0.15) is 0 Å². The molecule has 1 heterocycles. The zero-order chi connectivity index (χ0) is 15.2. The lowest BCUT2D eigenvalue weighted by molar-refractivity contribution is 0.115. The van der Waals surface area contributed by atoms with E-state index in [0.29, 0.717) is 6.10 Å². The number of nitrogens with zero attached hydrogens (tertiary/aromatic N) is 1. The first-order valence-corrected chi connectivity index (χ1v) is 8.43. The van der Waals surface area contributed by atoms with Gasteiger partial charge in [-0.05, 0) is 44.2 Å². The third-order valence-electron chi connectivity index (χ3n) is 4.22. The average Bonchev–Trinajstić information content (AvgIpc) is 2.98. The first kappa shape index (κ1) is 16.6. The summed E-state index contributed by atoms with van der Waals surface area (Å²) in [5, 5.41) is 0.815. The van der Waals surface area contributed by atoms with Crippen molar-refractivity contribution in [3.05, 3.63) is 28.8 Å². The normalized spacial score (nSPS) is 19.7. The van der Waals surface area contributed by atoms with Crippen molar-refractivity contribution in [3.8, 4) is 0 Å². The Labute approximate surface area is 133 Å². The van der Waals surface area contributed by atoms with Gasteiger partial charge in [0.05, 0.1) is 16.8 Å². The third-order valence-corrected chi connectivity index (χ3v) is 4.53. The van der Waals surface area contributed by atoms with Crippen LogP contribution in [-0.2, 0) is 11.2 Å². The fourth-order valence-corrected chi connectivity index (χ4v) is 3.23. The minimum absolute atomic E-state index is 0.184. The van der Waals surface area contributed by atoms with Crippen LogP contribution in [0, 0.1) is 0 Å². The Balaban J connectivity index is 2.21. The van der Waals surface area contributed by atoms with Gasteiger partial charge in [0, 0.05) is 25.7 Å². The number of likely N-dealkylation sites (N-methyl/N-ethyl adjacent to an activating group) is 1. The molecule has 1 fully saturated rings. The molecule has 0 amide bonds. The Morgan fingerprint density at radius 3 is 2.86 bits per heavy atom. The molecule has 0 radical (unpaired) electrons. The van der Waals surface area contributed by atoms with Crippen molar-refractivity contribution >= 4 is 17.3 Å². The molecule has 0 saturated carbocycles. The molecule has 118 valence electrons. The van der Waals surface area contributed by atoms with Crippen LogP contribution in [-0.4, -0.2) is 31.8 Å². The Hall–Kier alpha value is -0.770. The van der Waals surface area contributed by atoms with E-state index in [0.717, 1.165) is 56.1 Å². The topological polar surface area (TPSA) is 38.5 Å². The van der Waals surface area contributed by atoms with Gasteiger partial charge in [-0.1, -0.05) is 30.7 Å². The maximum absolute atomic E-state index is 6.49. The second kappa shape index (κ2) is 8.02. The maximum atomic E-state index is 6.49. The van der Waals surface area contributed by atoms with Gasteiger partial charge < -0.3 is 15.4 Å². The smallest absolute Gasteiger partial charge is 0.0750 e. The van der Waals surface area contributed by atoms with E-state index in [2.05, 4.69) is 24.8 Å². The molecule has 2 rings (SSSR count). The highest BCUT2D eigenvalue weighted by Crippen LogP contribution is 2.32. The minimum atomic E-state index is 0.184. The van der Waals surface area contributed by atoms with Gasteiger partial charge >= 0.3 is 0 Å². The molecular formula is C17H27ClN2O.